The molecule has 1 saturated heterocycles. The van der Waals surface area contributed by atoms with Crippen molar-refractivity contribution in [3.8, 4) is 0 Å². The lowest BCUT2D eigenvalue weighted by Crippen LogP contribution is -2.42. The van der Waals surface area contributed by atoms with Gasteiger partial charge < -0.3 is 15.1 Å². The predicted molar refractivity (Wildman–Crippen MR) is 118 cm³/mol. The molecule has 1 aromatic carbocycles. The van der Waals surface area contributed by atoms with Crippen LogP contribution in [0.1, 0.15) is 56.9 Å². The van der Waals surface area contributed by atoms with E-state index in [-0.39, 0.29) is 11.5 Å². The fraction of sp³-hybridized carbons (Fsp3) is 0.545. The molecule has 1 aliphatic rings. The number of rotatable bonds is 6. The zero-order valence-electron chi connectivity index (χ0n) is 17.8. The standard InChI is InChI=1S/C22H32ClN5O/c1-22(2,3)19-14-25-20(29-19)15-27-21(24-4)26-13-18(28-10-5-6-11-28)16-8-7-9-17(23)12-16/h7-9,12,14,18H,5-6,10-11,13,15H2,1-4H3,(H2,24,26,27). The zero-order chi connectivity index (χ0) is 20.9. The van der Waals surface area contributed by atoms with Crippen LogP contribution in [-0.4, -0.2) is 42.5 Å². The molecular formula is C22H32ClN5O. The SMILES string of the molecule is CN=C(NCc1ncc(C(C)(C)C)o1)NCC(c1cccc(Cl)c1)N1CCCC1. The minimum absolute atomic E-state index is 0.0505. The number of likely N-dealkylation sites (tertiary alicyclic amines) is 1. The Morgan fingerprint density at radius 3 is 2.66 bits per heavy atom. The molecule has 1 fully saturated rings. The van der Waals surface area contributed by atoms with Gasteiger partial charge in [-0.25, -0.2) is 4.98 Å². The van der Waals surface area contributed by atoms with E-state index in [9.17, 15) is 0 Å². The van der Waals surface area contributed by atoms with E-state index in [1.54, 1.807) is 13.2 Å². The molecule has 0 radical (unpaired) electrons. The third kappa shape index (κ3) is 5.97. The van der Waals surface area contributed by atoms with Gasteiger partial charge in [0, 0.05) is 24.0 Å². The van der Waals surface area contributed by atoms with Crippen LogP contribution >= 0.6 is 11.6 Å². The number of guanidine groups is 1. The molecule has 3 rings (SSSR count). The lowest BCUT2D eigenvalue weighted by Gasteiger charge is -2.29. The summed E-state index contributed by atoms with van der Waals surface area (Å²) in [5.74, 6) is 2.27. The Kier molecular flexibility index (Phi) is 7.19. The number of oxazole rings is 1. The van der Waals surface area contributed by atoms with Gasteiger partial charge in [-0.2, -0.15) is 0 Å². The Labute approximate surface area is 178 Å². The van der Waals surface area contributed by atoms with Crippen LogP contribution in [-0.2, 0) is 12.0 Å². The van der Waals surface area contributed by atoms with Crippen LogP contribution in [0.25, 0.3) is 0 Å². The maximum atomic E-state index is 6.24. The van der Waals surface area contributed by atoms with Crippen molar-refractivity contribution >= 4 is 17.6 Å². The van der Waals surface area contributed by atoms with Crippen LogP contribution in [0, 0.1) is 0 Å². The minimum atomic E-state index is -0.0505. The monoisotopic (exact) mass is 417 g/mol. The highest BCUT2D eigenvalue weighted by Gasteiger charge is 2.24. The smallest absolute Gasteiger partial charge is 0.213 e. The maximum absolute atomic E-state index is 6.24. The number of benzene rings is 1. The van der Waals surface area contributed by atoms with E-state index in [2.05, 4.69) is 58.4 Å². The van der Waals surface area contributed by atoms with Crippen LogP contribution in [0.2, 0.25) is 5.02 Å². The van der Waals surface area contributed by atoms with Crippen molar-refractivity contribution in [2.45, 2.75) is 51.6 Å². The summed E-state index contributed by atoms with van der Waals surface area (Å²) in [5.41, 5.74) is 1.18. The summed E-state index contributed by atoms with van der Waals surface area (Å²) in [6.07, 6.45) is 4.28. The molecule has 158 valence electrons. The fourth-order valence-corrected chi connectivity index (χ4v) is 3.74. The molecule has 0 aliphatic carbocycles. The van der Waals surface area contributed by atoms with Crippen molar-refractivity contribution in [2.24, 2.45) is 4.99 Å². The molecule has 6 nitrogen and oxygen atoms in total. The van der Waals surface area contributed by atoms with Crippen LogP contribution in [0.3, 0.4) is 0 Å². The van der Waals surface area contributed by atoms with Gasteiger partial charge in [-0.1, -0.05) is 44.5 Å². The van der Waals surface area contributed by atoms with E-state index in [0.717, 1.165) is 36.4 Å². The molecule has 2 heterocycles. The Balaban J connectivity index is 1.60. The average molecular weight is 418 g/mol. The van der Waals surface area contributed by atoms with Gasteiger partial charge in [-0.3, -0.25) is 9.89 Å². The summed E-state index contributed by atoms with van der Waals surface area (Å²) in [6.45, 7) is 9.78. The van der Waals surface area contributed by atoms with Gasteiger partial charge >= 0.3 is 0 Å². The summed E-state index contributed by atoms with van der Waals surface area (Å²) in [4.78, 5) is 11.2. The van der Waals surface area contributed by atoms with E-state index < -0.39 is 0 Å². The maximum Gasteiger partial charge on any atom is 0.213 e. The van der Waals surface area contributed by atoms with Crippen molar-refractivity contribution in [3.05, 3.63) is 52.7 Å². The number of aromatic nitrogens is 1. The Bertz CT molecular complexity index is 821. The number of nitrogens with one attached hydrogen (secondary N) is 2. The van der Waals surface area contributed by atoms with Crippen molar-refractivity contribution in [1.82, 2.24) is 20.5 Å². The quantitative estimate of drug-likeness (QED) is 0.546. The topological polar surface area (TPSA) is 65.7 Å². The molecule has 0 bridgehead atoms. The highest BCUT2D eigenvalue weighted by Crippen LogP contribution is 2.26. The number of halogens is 1. The first-order valence-corrected chi connectivity index (χ1v) is 10.6. The summed E-state index contributed by atoms with van der Waals surface area (Å²) in [5, 5.41) is 7.52. The van der Waals surface area contributed by atoms with Crippen LogP contribution in [0.5, 0.6) is 0 Å². The molecular weight excluding hydrogens is 386 g/mol. The first kappa shape index (κ1) is 21.7. The molecule has 1 aromatic heterocycles. The van der Waals surface area contributed by atoms with Gasteiger partial charge in [-0.15, -0.1) is 0 Å². The molecule has 7 heteroatoms. The predicted octanol–water partition coefficient (Wildman–Crippen LogP) is 4.13. The van der Waals surface area contributed by atoms with Crippen LogP contribution in [0.15, 0.2) is 39.9 Å². The molecule has 2 N–H and O–H groups in total. The van der Waals surface area contributed by atoms with E-state index in [1.165, 1.54) is 18.4 Å². The third-order valence-electron chi connectivity index (χ3n) is 5.20. The first-order valence-electron chi connectivity index (χ1n) is 10.3. The summed E-state index contributed by atoms with van der Waals surface area (Å²) < 4.78 is 5.85. The van der Waals surface area contributed by atoms with Crippen molar-refractivity contribution in [1.29, 1.82) is 0 Å². The lowest BCUT2D eigenvalue weighted by molar-refractivity contribution is 0.245. The molecule has 29 heavy (non-hydrogen) atoms. The largest absolute Gasteiger partial charge is 0.443 e. The molecule has 0 saturated carbocycles. The van der Waals surface area contributed by atoms with Crippen molar-refractivity contribution in [3.63, 3.8) is 0 Å². The zero-order valence-corrected chi connectivity index (χ0v) is 18.6. The van der Waals surface area contributed by atoms with E-state index in [4.69, 9.17) is 16.0 Å². The number of aliphatic imine (C=N–C) groups is 1. The highest BCUT2D eigenvalue weighted by atomic mass is 35.5. The van der Waals surface area contributed by atoms with Gasteiger partial charge in [0.05, 0.1) is 18.8 Å². The van der Waals surface area contributed by atoms with Gasteiger partial charge in [-0.05, 0) is 43.6 Å². The van der Waals surface area contributed by atoms with Crippen LogP contribution < -0.4 is 10.6 Å². The summed E-state index contributed by atoms with van der Waals surface area (Å²) in [6, 6.07) is 8.39. The average Bonchev–Trinajstić information content (AvgIpc) is 3.36. The molecule has 2 aromatic rings. The Morgan fingerprint density at radius 1 is 1.28 bits per heavy atom. The highest BCUT2D eigenvalue weighted by molar-refractivity contribution is 6.30. The van der Waals surface area contributed by atoms with E-state index >= 15 is 0 Å². The number of hydrogen-bond donors (Lipinski definition) is 2. The normalized spacial score (nSPS) is 16.8. The van der Waals surface area contributed by atoms with Gasteiger partial charge in [0.25, 0.3) is 0 Å². The van der Waals surface area contributed by atoms with Crippen molar-refractivity contribution in [2.75, 3.05) is 26.7 Å². The molecule has 0 amide bonds. The first-order chi connectivity index (χ1) is 13.9. The van der Waals surface area contributed by atoms with Gasteiger partial charge in [0.2, 0.25) is 5.89 Å². The minimum Gasteiger partial charge on any atom is -0.443 e. The third-order valence-corrected chi connectivity index (χ3v) is 5.44. The lowest BCUT2D eigenvalue weighted by atomic mass is 9.94. The van der Waals surface area contributed by atoms with Crippen molar-refractivity contribution < 1.29 is 4.42 Å². The molecule has 1 aliphatic heterocycles. The molecule has 1 atom stereocenters. The van der Waals surface area contributed by atoms with Gasteiger partial charge in [0.15, 0.2) is 5.96 Å². The van der Waals surface area contributed by atoms with E-state index in [0.29, 0.717) is 12.4 Å². The second-order valence-electron chi connectivity index (χ2n) is 8.49. The Hall–Kier alpha value is -2.05. The second kappa shape index (κ2) is 9.63. The summed E-state index contributed by atoms with van der Waals surface area (Å²) >= 11 is 6.24. The number of hydrogen-bond acceptors (Lipinski definition) is 4. The fourth-order valence-electron chi connectivity index (χ4n) is 3.54. The summed E-state index contributed by atoms with van der Waals surface area (Å²) in [7, 11) is 1.77. The molecule has 1 unspecified atom stereocenters. The Morgan fingerprint density at radius 2 is 2.03 bits per heavy atom. The van der Waals surface area contributed by atoms with Gasteiger partial charge in [0.1, 0.15) is 5.76 Å². The van der Waals surface area contributed by atoms with Crippen LogP contribution in [0.4, 0.5) is 0 Å². The molecule has 0 spiro atoms. The number of nitrogens with zero attached hydrogens (tertiary/aromatic N) is 3. The second-order valence-corrected chi connectivity index (χ2v) is 8.93. The van der Waals surface area contributed by atoms with E-state index in [1.807, 2.05) is 12.1 Å².